The van der Waals surface area contributed by atoms with E-state index in [9.17, 15) is 10.2 Å². The summed E-state index contributed by atoms with van der Waals surface area (Å²) in [5.74, 6) is 2.37. The molecule has 1 saturated heterocycles. The van der Waals surface area contributed by atoms with Crippen LogP contribution in [0.15, 0.2) is 30.3 Å². The Morgan fingerprint density at radius 1 is 1.22 bits per heavy atom. The Hall–Kier alpha value is -0.0700. The van der Waals surface area contributed by atoms with Gasteiger partial charge in [-0.3, -0.25) is 0 Å². The molecule has 0 saturated carbocycles. The van der Waals surface area contributed by atoms with E-state index >= 15 is 0 Å². The van der Waals surface area contributed by atoms with Crippen molar-refractivity contribution < 1.29 is 32.3 Å². The summed E-state index contributed by atoms with van der Waals surface area (Å²) < 4.78 is 0. The molecule has 1 aliphatic rings. The van der Waals surface area contributed by atoms with Crippen molar-refractivity contribution in [3.63, 3.8) is 0 Å². The number of hydrogen-bond donors (Lipinski definition) is 3. The molecule has 1 unspecified atom stereocenters. The lowest BCUT2D eigenvalue weighted by Gasteiger charge is -2.15. The average Bonchev–Trinajstić information content (AvgIpc) is 2.70. The number of aliphatic hydroxyl groups is 3. The van der Waals surface area contributed by atoms with E-state index in [1.807, 2.05) is 18.2 Å². The smallest absolute Gasteiger partial charge is 0.134 e. The second kappa shape index (κ2) is 7.50. The summed E-state index contributed by atoms with van der Waals surface area (Å²) in [5.41, 5.74) is 1.28. The highest BCUT2D eigenvalue weighted by Crippen LogP contribution is 2.26. The van der Waals surface area contributed by atoms with Crippen LogP contribution in [0.2, 0.25) is 0 Å². The van der Waals surface area contributed by atoms with Gasteiger partial charge in [-0.1, -0.05) is 30.3 Å². The van der Waals surface area contributed by atoms with E-state index in [1.165, 1.54) is 5.56 Å². The summed E-state index contributed by atoms with van der Waals surface area (Å²) in [6.45, 7) is -0.260. The lowest BCUT2D eigenvalue weighted by molar-refractivity contribution is -0.0000319. The van der Waals surface area contributed by atoms with E-state index in [1.54, 1.807) is 0 Å². The summed E-state index contributed by atoms with van der Waals surface area (Å²) in [6.07, 6.45) is -1.25. The summed E-state index contributed by atoms with van der Waals surface area (Å²) in [5, 5.41) is 28.4. The SMILES string of the molecule is OC[C@@H](O)[C@H]1C[S+](Cc2ccccc2)C[C@H]1O.[Br-]. The monoisotopic (exact) mass is 334 g/mol. The minimum Gasteiger partial charge on any atom is -1.00 e. The van der Waals surface area contributed by atoms with Gasteiger partial charge >= 0.3 is 0 Å². The maximum atomic E-state index is 9.87. The van der Waals surface area contributed by atoms with E-state index in [4.69, 9.17) is 5.11 Å². The second-order valence-corrected chi connectivity index (χ2v) is 6.74. The van der Waals surface area contributed by atoms with Gasteiger partial charge in [0.15, 0.2) is 0 Å². The number of hydrogen-bond acceptors (Lipinski definition) is 3. The summed E-state index contributed by atoms with van der Waals surface area (Å²) in [7, 11) is 0.118. The average molecular weight is 335 g/mol. The zero-order chi connectivity index (χ0) is 12.3. The fourth-order valence-corrected chi connectivity index (χ4v) is 5.00. The molecule has 102 valence electrons. The molecule has 0 radical (unpaired) electrons. The molecule has 3 nitrogen and oxygen atoms in total. The van der Waals surface area contributed by atoms with Gasteiger partial charge in [-0.05, 0) is 10.9 Å². The molecule has 18 heavy (non-hydrogen) atoms. The van der Waals surface area contributed by atoms with Crippen molar-refractivity contribution in [2.45, 2.75) is 18.0 Å². The maximum absolute atomic E-state index is 9.87. The van der Waals surface area contributed by atoms with Gasteiger partial charge in [0.2, 0.25) is 0 Å². The lowest BCUT2D eigenvalue weighted by Crippen LogP contribution is -3.00. The maximum Gasteiger partial charge on any atom is 0.134 e. The Balaban J connectivity index is 0.00000162. The molecule has 5 heteroatoms. The van der Waals surface area contributed by atoms with Crippen LogP contribution >= 0.6 is 0 Å². The zero-order valence-corrected chi connectivity index (χ0v) is 12.5. The molecule has 4 atom stereocenters. The van der Waals surface area contributed by atoms with Gasteiger partial charge in [-0.25, -0.2) is 0 Å². The van der Waals surface area contributed by atoms with Crippen molar-refractivity contribution in [2.24, 2.45) is 5.92 Å². The Labute approximate surface area is 121 Å². The largest absolute Gasteiger partial charge is 1.00 e. The molecule has 1 heterocycles. The van der Waals surface area contributed by atoms with Crippen molar-refractivity contribution in [3.05, 3.63) is 35.9 Å². The van der Waals surface area contributed by atoms with Gasteiger partial charge in [-0.2, -0.15) is 0 Å². The summed E-state index contributed by atoms with van der Waals surface area (Å²) in [6, 6.07) is 10.2. The molecule has 1 fully saturated rings. The van der Waals surface area contributed by atoms with Gasteiger partial charge in [0.25, 0.3) is 0 Å². The Kier molecular flexibility index (Phi) is 6.66. The Morgan fingerprint density at radius 2 is 1.89 bits per heavy atom. The van der Waals surface area contributed by atoms with Crippen LogP contribution in [-0.4, -0.2) is 45.6 Å². The van der Waals surface area contributed by atoms with Crippen LogP contribution in [0.1, 0.15) is 5.56 Å². The molecule has 2 rings (SSSR count). The quantitative estimate of drug-likeness (QED) is 0.520. The predicted molar refractivity (Wildman–Crippen MR) is 69.8 cm³/mol. The molecule has 0 amide bonds. The Bertz CT molecular complexity index is 349. The predicted octanol–water partition coefficient (Wildman–Crippen LogP) is -2.85. The number of halogens is 1. The zero-order valence-electron chi connectivity index (χ0n) is 10.1. The first-order valence-electron chi connectivity index (χ1n) is 5.85. The van der Waals surface area contributed by atoms with Crippen molar-refractivity contribution in [1.29, 1.82) is 0 Å². The number of rotatable bonds is 4. The van der Waals surface area contributed by atoms with Crippen LogP contribution in [0.4, 0.5) is 0 Å². The topological polar surface area (TPSA) is 60.7 Å². The van der Waals surface area contributed by atoms with Gasteiger partial charge in [0.05, 0.1) is 18.6 Å². The fraction of sp³-hybridized carbons (Fsp3) is 0.538. The van der Waals surface area contributed by atoms with Crippen LogP contribution in [0.3, 0.4) is 0 Å². The van der Waals surface area contributed by atoms with E-state index < -0.39 is 12.2 Å². The van der Waals surface area contributed by atoms with Crippen LogP contribution in [0.5, 0.6) is 0 Å². The third-order valence-electron chi connectivity index (χ3n) is 3.22. The molecular weight excluding hydrogens is 316 g/mol. The van der Waals surface area contributed by atoms with Crippen LogP contribution in [0, 0.1) is 5.92 Å². The first-order chi connectivity index (χ1) is 8.20. The van der Waals surface area contributed by atoms with Crippen molar-refractivity contribution in [3.8, 4) is 0 Å². The van der Waals surface area contributed by atoms with Crippen molar-refractivity contribution in [1.82, 2.24) is 0 Å². The molecule has 0 aromatic heterocycles. The van der Waals surface area contributed by atoms with Gasteiger partial charge in [-0.15, -0.1) is 0 Å². The van der Waals surface area contributed by atoms with E-state index in [2.05, 4.69) is 12.1 Å². The molecular formula is C13H19BrO3S. The standard InChI is InChI=1S/C13H19O3S.BrH/c14-6-12(15)11-8-17(9-13(11)16)7-10-4-2-1-3-5-10;/h1-5,11-16H,6-9H2;1H/q+1;/p-1/t11-,12-,13-,17?;/m1./s1. The first-order valence-corrected chi connectivity index (χ1v) is 7.59. The Morgan fingerprint density at radius 3 is 2.50 bits per heavy atom. The van der Waals surface area contributed by atoms with E-state index in [0.717, 1.165) is 17.3 Å². The van der Waals surface area contributed by atoms with Crippen molar-refractivity contribution in [2.75, 3.05) is 18.1 Å². The molecule has 1 aromatic rings. The lowest BCUT2D eigenvalue weighted by atomic mass is 10.0. The molecule has 0 spiro atoms. The highest BCUT2D eigenvalue weighted by atomic mass is 79.9. The molecule has 0 aliphatic carbocycles. The van der Waals surface area contributed by atoms with Gasteiger partial charge in [0.1, 0.15) is 23.4 Å². The molecule has 3 N–H and O–H groups in total. The number of aliphatic hydroxyl groups excluding tert-OH is 3. The van der Waals surface area contributed by atoms with E-state index in [0.29, 0.717) is 0 Å². The van der Waals surface area contributed by atoms with Crippen LogP contribution in [0.25, 0.3) is 0 Å². The highest BCUT2D eigenvalue weighted by molar-refractivity contribution is 7.96. The normalized spacial score (nSPS) is 28.7. The van der Waals surface area contributed by atoms with E-state index in [-0.39, 0.29) is 40.4 Å². The third-order valence-corrected chi connectivity index (χ3v) is 5.63. The number of benzene rings is 1. The summed E-state index contributed by atoms with van der Waals surface area (Å²) in [4.78, 5) is 0. The summed E-state index contributed by atoms with van der Waals surface area (Å²) >= 11 is 0. The van der Waals surface area contributed by atoms with Crippen LogP contribution in [-0.2, 0) is 16.6 Å². The molecule has 1 aromatic carbocycles. The molecule has 0 bridgehead atoms. The highest BCUT2D eigenvalue weighted by Gasteiger charge is 2.43. The third kappa shape index (κ3) is 3.96. The minimum atomic E-state index is -0.779. The fourth-order valence-electron chi connectivity index (χ4n) is 2.25. The van der Waals surface area contributed by atoms with Gasteiger partial charge < -0.3 is 32.3 Å². The first kappa shape index (κ1) is 16.0. The minimum absolute atomic E-state index is 0. The van der Waals surface area contributed by atoms with Crippen LogP contribution < -0.4 is 17.0 Å². The van der Waals surface area contributed by atoms with Gasteiger partial charge in [0, 0.05) is 5.56 Å². The second-order valence-electron chi connectivity index (χ2n) is 4.56. The van der Waals surface area contributed by atoms with Crippen molar-refractivity contribution >= 4 is 10.9 Å². The molecule has 1 aliphatic heterocycles.